The van der Waals surface area contributed by atoms with Gasteiger partial charge in [0.25, 0.3) is 5.56 Å². The van der Waals surface area contributed by atoms with Crippen molar-refractivity contribution in [2.45, 2.75) is 52.5 Å². The maximum absolute atomic E-state index is 13.0. The second-order valence-corrected chi connectivity index (χ2v) is 6.93. The number of fused-ring (bicyclic) bond motifs is 3. The van der Waals surface area contributed by atoms with Crippen LogP contribution in [0.15, 0.2) is 4.79 Å². The van der Waals surface area contributed by atoms with Crippen LogP contribution in [0, 0.1) is 6.92 Å². The van der Waals surface area contributed by atoms with Gasteiger partial charge in [-0.2, -0.15) is 0 Å². The Labute approximate surface area is 132 Å². The Kier molecular flexibility index (Phi) is 3.72. The summed E-state index contributed by atoms with van der Waals surface area (Å²) in [5, 5.41) is 0.609. The summed E-state index contributed by atoms with van der Waals surface area (Å²) in [6, 6.07) is -1.07. The van der Waals surface area contributed by atoms with Crippen molar-refractivity contribution in [1.82, 2.24) is 9.55 Å². The zero-order chi connectivity index (χ0) is 16.0. The smallest absolute Gasteiger partial charge is 0.263 e. The van der Waals surface area contributed by atoms with Gasteiger partial charge in [-0.15, -0.1) is 11.3 Å². The molecule has 2 aromatic rings. The lowest BCUT2D eigenvalue weighted by Gasteiger charge is -2.17. The van der Waals surface area contributed by atoms with E-state index in [1.54, 1.807) is 18.3 Å². The molecule has 2 heterocycles. The van der Waals surface area contributed by atoms with Gasteiger partial charge in [-0.1, -0.05) is 0 Å². The molecule has 0 spiro atoms. The maximum atomic E-state index is 13.0. The Morgan fingerprint density at radius 2 is 1.82 bits per heavy atom. The van der Waals surface area contributed by atoms with Crippen molar-refractivity contribution in [3.8, 4) is 0 Å². The summed E-state index contributed by atoms with van der Waals surface area (Å²) in [5.41, 5.74) is 0.820. The third-order valence-corrected chi connectivity index (χ3v) is 5.41. The standard InChI is InChI=1S/C16H18N2O3S/c1-8(19)14(9(2)20)18-10(3)17-15-13(16(18)21)11-6-4-5-7-12(11)22-15/h14H,4-7H2,1-3H3. The Balaban J connectivity index is 2.34. The topological polar surface area (TPSA) is 69.0 Å². The van der Waals surface area contributed by atoms with Gasteiger partial charge in [-0.05, 0) is 52.0 Å². The van der Waals surface area contributed by atoms with Gasteiger partial charge < -0.3 is 0 Å². The number of rotatable bonds is 3. The van der Waals surface area contributed by atoms with Gasteiger partial charge in [-0.25, -0.2) is 4.98 Å². The first kappa shape index (κ1) is 15.1. The molecule has 0 N–H and O–H groups in total. The van der Waals surface area contributed by atoms with E-state index < -0.39 is 6.04 Å². The van der Waals surface area contributed by atoms with E-state index >= 15 is 0 Å². The average molecular weight is 318 g/mol. The highest BCUT2D eigenvalue weighted by Gasteiger charge is 2.28. The fraction of sp³-hybridized carbons (Fsp3) is 0.500. The number of Topliss-reactive ketones (excluding diaryl/α,β-unsaturated/α-hetero) is 2. The minimum absolute atomic E-state index is 0.252. The van der Waals surface area contributed by atoms with Crippen LogP contribution in [0.1, 0.15) is 49.0 Å². The van der Waals surface area contributed by atoms with Crippen molar-refractivity contribution < 1.29 is 9.59 Å². The molecule has 0 amide bonds. The Hall–Kier alpha value is -1.82. The lowest BCUT2D eigenvalue weighted by atomic mass is 9.97. The highest BCUT2D eigenvalue weighted by molar-refractivity contribution is 7.18. The van der Waals surface area contributed by atoms with Gasteiger partial charge in [-0.3, -0.25) is 19.0 Å². The molecule has 0 radical (unpaired) electrons. The van der Waals surface area contributed by atoms with Gasteiger partial charge in [0.2, 0.25) is 0 Å². The molecule has 2 aromatic heterocycles. The first-order chi connectivity index (χ1) is 10.4. The number of hydrogen-bond acceptors (Lipinski definition) is 5. The lowest BCUT2D eigenvalue weighted by Crippen LogP contribution is -2.35. The number of nitrogens with zero attached hydrogens (tertiary/aromatic N) is 2. The highest BCUT2D eigenvalue weighted by atomic mass is 32.1. The minimum Gasteiger partial charge on any atom is -0.297 e. The van der Waals surface area contributed by atoms with Crippen LogP contribution < -0.4 is 5.56 Å². The molecular formula is C16H18N2O3S. The van der Waals surface area contributed by atoms with E-state index in [9.17, 15) is 14.4 Å². The maximum Gasteiger partial charge on any atom is 0.263 e. The van der Waals surface area contributed by atoms with E-state index in [1.165, 1.54) is 23.3 Å². The number of carbonyl (C=O) groups is 2. The molecule has 1 aliphatic carbocycles. The summed E-state index contributed by atoms with van der Waals surface area (Å²) < 4.78 is 1.27. The fourth-order valence-corrected chi connectivity index (χ4v) is 4.57. The van der Waals surface area contributed by atoms with Gasteiger partial charge in [0.05, 0.1) is 5.39 Å². The SMILES string of the molecule is CC(=O)C(C(C)=O)n1c(C)nc2sc3c(c2c1=O)CCCC3. The van der Waals surface area contributed by atoms with E-state index in [-0.39, 0.29) is 17.1 Å². The first-order valence-electron chi connectivity index (χ1n) is 7.46. The monoisotopic (exact) mass is 318 g/mol. The zero-order valence-corrected chi connectivity index (χ0v) is 13.7. The van der Waals surface area contributed by atoms with Crippen molar-refractivity contribution >= 4 is 33.1 Å². The summed E-state index contributed by atoms with van der Waals surface area (Å²) in [7, 11) is 0. The van der Waals surface area contributed by atoms with E-state index in [2.05, 4.69) is 4.98 Å². The lowest BCUT2D eigenvalue weighted by molar-refractivity contribution is -0.129. The number of thiophene rings is 1. The molecule has 22 heavy (non-hydrogen) atoms. The molecule has 0 aliphatic heterocycles. The van der Waals surface area contributed by atoms with Crippen LogP contribution in [0.2, 0.25) is 0 Å². The van der Waals surface area contributed by atoms with Gasteiger partial charge in [0, 0.05) is 4.88 Å². The summed E-state index contributed by atoms with van der Waals surface area (Å²) >= 11 is 1.57. The predicted octanol–water partition coefficient (Wildman–Crippen LogP) is 2.36. The van der Waals surface area contributed by atoms with Crippen LogP contribution >= 0.6 is 11.3 Å². The molecule has 1 aliphatic rings. The van der Waals surface area contributed by atoms with Crippen molar-refractivity contribution in [3.63, 3.8) is 0 Å². The van der Waals surface area contributed by atoms with Crippen molar-refractivity contribution in [2.75, 3.05) is 0 Å². The number of carbonyl (C=O) groups excluding carboxylic acids is 2. The van der Waals surface area contributed by atoms with Crippen molar-refractivity contribution in [3.05, 3.63) is 26.6 Å². The molecule has 0 atom stereocenters. The molecule has 0 saturated carbocycles. The minimum atomic E-state index is -1.07. The van der Waals surface area contributed by atoms with Gasteiger partial charge in [0.1, 0.15) is 10.7 Å². The third-order valence-electron chi connectivity index (χ3n) is 4.23. The molecule has 0 saturated heterocycles. The molecule has 0 fully saturated rings. The predicted molar refractivity (Wildman–Crippen MR) is 85.7 cm³/mol. The highest BCUT2D eigenvalue weighted by Crippen LogP contribution is 2.34. The average Bonchev–Trinajstić information content (AvgIpc) is 2.80. The molecule has 5 nitrogen and oxygen atoms in total. The van der Waals surface area contributed by atoms with Crippen LogP contribution in [0.5, 0.6) is 0 Å². The van der Waals surface area contributed by atoms with Crippen molar-refractivity contribution in [1.29, 1.82) is 0 Å². The summed E-state index contributed by atoms with van der Waals surface area (Å²) in [4.78, 5) is 43.1. The van der Waals surface area contributed by atoms with Crippen LogP contribution in [0.4, 0.5) is 0 Å². The fourth-order valence-electron chi connectivity index (χ4n) is 3.27. The summed E-state index contributed by atoms with van der Waals surface area (Å²) in [6.07, 6.45) is 4.06. The van der Waals surface area contributed by atoms with Crippen LogP contribution in [0.25, 0.3) is 10.2 Å². The molecule has 6 heteroatoms. The Bertz CT molecular complexity index is 833. The molecular weight excluding hydrogens is 300 g/mol. The van der Waals surface area contributed by atoms with E-state index in [0.29, 0.717) is 11.2 Å². The second kappa shape index (κ2) is 5.43. The molecule has 0 unspecified atom stereocenters. The molecule has 0 bridgehead atoms. The summed E-state index contributed by atoms with van der Waals surface area (Å²) in [6.45, 7) is 4.36. The molecule has 0 aromatic carbocycles. The van der Waals surface area contributed by atoms with E-state index in [4.69, 9.17) is 0 Å². The number of hydrogen-bond donors (Lipinski definition) is 0. The molecule has 3 rings (SSSR count). The normalized spacial score (nSPS) is 14.4. The Morgan fingerprint density at radius 1 is 1.18 bits per heavy atom. The van der Waals surface area contributed by atoms with Crippen LogP contribution in [0.3, 0.4) is 0 Å². The van der Waals surface area contributed by atoms with Gasteiger partial charge in [0.15, 0.2) is 17.6 Å². The summed E-state index contributed by atoms with van der Waals surface area (Å²) in [5.74, 6) is -0.239. The second-order valence-electron chi connectivity index (χ2n) is 5.85. The first-order valence-corrected chi connectivity index (χ1v) is 8.27. The quantitative estimate of drug-likeness (QED) is 0.815. The third kappa shape index (κ3) is 2.22. The largest absolute Gasteiger partial charge is 0.297 e. The van der Waals surface area contributed by atoms with Crippen molar-refractivity contribution in [2.24, 2.45) is 0 Å². The van der Waals surface area contributed by atoms with Crippen LogP contribution in [-0.2, 0) is 22.4 Å². The number of aromatic nitrogens is 2. The van der Waals surface area contributed by atoms with Gasteiger partial charge >= 0.3 is 0 Å². The Morgan fingerprint density at radius 3 is 2.45 bits per heavy atom. The van der Waals surface area contributed by atoms with E-state index in [0.717, 1.165) is 36.1 Å². The van der Waals surface area contributed by atoms with Crippen LogP contribution in [-0.4, -0.2) is 21.1 Å². The zero-order valence-electron chi connectivity index (χ0n) is 12.9. The number of aryl methyl sites for hydroxylation is 3. The van der Waals surface area contributed by atoms with E-state index in [1.807, 2.05) is 0 Å². The molecule has 116 valence electrons. The number of ketones is 2.